The average Bonchev–Trinajstić information content (AvgIpc) is 2.63. The largest absolute Gasteiger partial charge is 0.490 e. The summed E-state index contributed by atoms with van der Waals surface area (Å²) in [5.74, 6) is 1.56. The van der Waals surface area contributed by atoms with Gasteiger partial charge >= 0.3 is 0 Å². The number of ether oxygens (including phenoxy) is 2. The molecule has 0 heterocycles. The summed E-state index contributed by atoms with van der Waals surface area (Å²) in [6.45, 7) is 4.19. The minimum Gasteiger partial charge on any atom is -0.490 e. The summed E-state index contributed by atoms with van der Waals surface area (Å²) < 4.78 is 35.5. The molecule has 0 amide bonds. The Hall–Kier alpha value is -1.76. The molecule has 0 radical (unpaired) electrons. The van der Waals surface area contributed by atoms with Crippen LogP contribution in [-0.4, -0.2) is 40.5 Å². The Labute approximate surface area is 162 Å². The van der Waals surface area contributed by atoms with Crippen LogP contribution >= 0.6 is 12.4 Å². The van der Waals surface area contributed by atoms with Crippen molar-refractivity contribution >= 4 is 22.2 Å². The molecular formula is C19H26ClNO4S. The molecule has 26 heavy (non-hydrogen) atoms. The lowest BCUT2D eigenvalue weighted by molar-refractivity contribution is 0.272. The number of sulfone groups is 1. The van der Waals surface area contributed by atoms with E-state index in [1.807, 2.05) is 31.2 Å². The van der Waals surface area contributed by atoms with Crippen molar-refractivity contribution in [3.05, 3.63) is 54.6 Å². The third-order valence-electron chi connectivity index (χ3n) is 3.55. The molecule has 0 saturated carbocycles. The van der Waals surface area contributed by atoms with Crippen molar-refractivity contribution in [3.63, 3.8) is 0 Å². The van der Waals surface area contributed by atoms with Gasteiger partial charge in [0.2, 0.25) is 0 Å². The van der Waals surface area contributed by atoms with Gasteiger partial charge in [-0.05, 0) is 44.2 Å². The van der Waals surface area contributed by atoms with Gasteiger partial charge in [-0.3, -0.25) is 0 Å². The fourth-order valence-electron chi connectivity index (χ4n) is 2.30. The lowest BCUT2D eigenvalue weighted by atomic mass is 10.3. The van der Waals surface area contributed by atoms with Crippen LogP contribution in [0, 0.1) is 0 Å². The molecule has 2 rings (SSSR count). The fraction of sp³-hybridized carbons (Fsp3) is 0.368. The first-order valence-electron chi connectivity index (χ1n) is 8.46. The zero-order valence-corrected chi connectivity index (χ0v) is 16.5. The van der Waals surface area contributed by atoms with Crippen LogP contribution < -0.4 is 14.8 Å². The molecule has 0 aromatic heterocycles. The maximum absolute atomic E-state index is 12.1. The quantitative estimate of drug-likeness (QED) is 0.587. The molecule has 7 heteroatoms. The summed E-state index contributed by atoms with van der Waals surface area (Å²) in [4.78, 5) is 0.368. The van der Waals surface area contributed by atoms with Crippen LogP contribution in [0.4, 0.5) is 0 Å². The topological polar surface area (TPSA) is 64.6 Å². The summed E-state index contributed by atoms with van der Waals surface area (Å²) in [5, 5.41) is 3.15. The van der Waals surface area contributed by atoms with E-state index in [0.717, 1.165) is 17.9 Å². The number of halogens is 1. The summed E-state index contributed by atoms with van der Waals surface area (Å²) >= 11 is 0. The first-order valence-corrected chi connectivity index (χ1v) is 10.1. The predicted octanol–water partition coefficient (Wildman–Crippen LogP) is 3.34. The zero-order chi connectivity index (χ0) is 18.0. The molecule has 0 saturated heterocycles. The number of para-hydroxylation sites is 2. The highest BCUT2D eigenvalue weighted by molar-refractivity contribution is 7.91. The van der Waals surface area contributed by atoms with Gasteiger partial charge < -0.3 is 14.8 Å². The molecule has 0 fully saturated rings. The van der Waals surface area contributed by atoms with E-state index in [-0.39, 0.29) is 18.2 Å². The molecule has 2 aromatic carbocycles. The average molecular weight is 400 g/mol. The number of hydrogen-bond acceptors (Lipinski definition) is 5. The van der Waals surface area contributed by atoms with E-state index in [0.29, 0.717) is 31.2 Å². The molecule has 0 unspecified atom stereocenters. The summed E-state index contributed by atoms with van der Waals surface area (Å²) in [7, 11) is -3.22. The van der Waals surface area contributed by atoms with Crippen molar-refractivity contribution in [2.24, 2.45) is 0 Å². The van der Waals surface area contributed by atoms with E-state index >= 15 is 0 Å². The molecule has 0 aliphatic rings. The van der Waals surface area contributed by atoms with E-state index in [1.54, 1.807) is 30.3 Å². The van der Waals surface area contributed by atoms with E-state index < -0.39 is 9.84 Å². The highest BCUT2D eigenvalue weighted by Gasteiger charge is 2.12. The number of rotatable bonds is 11. The Kier molecular flexibility index (Phi) is 10.1. The molecule has 0 bridgehead atoms. The number of nitrogens with one attached hydrogen (secondary N) is 1. The summed E-state index contributed by atoms with van der Waals surface area (Å²) in [5.41, 5.74) is 0. The molecule has 1 N–H and O–H groups in total. The second-order valence-electron chi connectivity index (χ2n) is 5.46. The van der Waals surface area contributed by atoms with Gasteiger partial charge in [0.1, 0.15) is 0 Å². The van der Waals surface area contributed by atoms with Crippen LogP contribution in [-0.2, 0) is 9.84 Å². The molecular weight excluding hydrogens is 374 g/mol. The van der Waals surface area contributed by atoms with E-state index in [9.17, 15) is 8.42 Å². The second kappa shape index (κ2) is 11.8. The number of benzene rings is 2. The van der Waals surface area contributed by atoms with Gasteiger partial charge in [-0.25, -0.2) is 8.42 Å². The van der Waals surface area contributed by atoms with Gasteiger partial charge in [-0.2, -0.15) is 0 Å². The molecule has 144 valence electrons. The maximum Gasteiger partial charge on any atom is 0.179 e. The Balaban J connectivity index is 0.00000338. The van der Waals surface area contributed by atoms with Crippen molar-refractivity contribution in [1.82, 2.24) is 5.32 Å². The van der Waals surface area contributed by atoms with Gasteiger partial charge in [0.05, 0.1) is 23.9 Å². The molecule has 0 aliphatic heterocycles. The van der Waals surface area contributed by atoms with Gasteiger partial charge in [-0.1, -0.05) is 30.3 Å². The lowest BCUT2D eigenvalue weighted by Gasteiger charge is -2.11. The van der Waals surface area contributed by atoms with Crippen molar-refractivity contribution in [2.45, 2.75) is 18.2 Å². The predicted molar refractivity (Wildman–Crippen MR) is 106 cm³/mol. The Morgan fingerprint density at radius 3 is 2.15 bits per heavy atom. The Bertz CT molecular complexity index is 738. The third kappa shape index (κ3) is 7.23. The van der Waals surface area contributed by atoms with Crippen LogP contribution in [0.2, 0.25) is 0 Å². The normalized spacial score (nSPS) is 10.8. The van der Waals surface area contributed by atoms with Crippen molar-refractivity contribution in [1.29, 1.82) is 0 Å². The van der Waals surface area contributed by atoms with Gasteiger partial charge in [0, 0.05) is 6.54 Å². The van der Waals surface area contributed by atoms with Gasteiger partial charge in [0.15, 0.2) is 21.3 Å². The van der Waals surface area contributed by atoms with E-state index in [4.69, 9.17) is 9.47 Å². The van der Waals surface area contributed by atoms with Gasteiger partial charge in [0.25, 0.3) is 0 Å². The maximum atomic E-state index is 12.1. The first-order chi connectivity index (χ1) is 12.1. The molecule has 0 aliphatic carbocycles. The minimum absolute atomic E-state index is 0. The van der Waals surface area contributed by atoms with E-state index in [2.05, 4.69) is 5.32 Å². The summed E-state index contributed by atoms with van der Waals surface area (Å²) in [6.07, 6.45) is 0.784. The highest BCUT2D eigenvalue weighted by Crippen LogP contribution is 2.26. The Morgan fingerprint density at radius 2 is 1.50 bits per heavy atom. The third-order valence-corrected chi connectivity index (χ3v) is 5.29. The fourth-order valence-corrected chi connectivity index (χ4v) is 3.52. The zero-order valence-electron chi connectivity index (χ0n) is 14.9. The highest BCUT2D eigenvalue weighted by atomic mass is 35.5. The van der Waals surface area contributed by atoms with Crippen molar-refractivity contribution in [2.75, 3.05) is 32.1 Å². The van der Waals surface area contributed by atoms with Crippen LogP contribution in [0.15, 0.2) is 59.5 Å². The first kappa shape index (κ1) is 22.3. The van der Waals surface area contributed by atoms with Gasteiger partial charge in [-0.15, -0.1) is 12.4 Å². The molecule has 0 spiro atoms. The summed E-state index contributed by atoms with van der Waals surface area (Å²) in [6, 6.07) is 16.1. The van der Waals surface area contributed by atoms with Crippen molar-refractivity contribution in [3.8, 4) is 11.5 Å². The van der Waals surface area contributed by atoms with Crippen LogP contribution in [0.3, 0.4) is 0 Å². The SMILES string of the molecule is CCOc1ccccc1OCCCNCCS(=O)(=O)c1ccccc1.Cl. The van der Waals surface area contributed by atoms with Crippen LogP contribution in [0.25, 0.3) is 0 Å². The minimum atomic E-state index is -3.22. The van der Waals surface area contributed by atoms with E-state index in [1.165, 1.54) is 0 Å². The van der Waals surface area contributed by atoms with Crippen molar-refractivity contribution < 1.29 is 17.9 Å². The standard InChI is InChI=1S/C19H25NO4S.ClH/c1-2-23-18-11-6-7-12-19(18)24-15-8-13-20-14-16-25(21,22)17-9-4-3-5-10-17;/h3-7,9-12,20H,2,8,13-16H2,1H3;1H. The van der Waals surface area contributed by atoms with Crippen LogP contribution in [0.5, 0.6) is 11.5 Å². The monoisotopic (exact) mass is 399 g/mol. The second-order valence-corrected chi connectivity index (χ2v) is 7.57. The Morgan fingerprint density at radius 1 is 0.885 bits per heavy atom. The number of hydrogen-bond donors (Lipinski definition) is 1. The molecule has 5 nitrogen and oxygen atoms in total. The molecule has 0 atom stereocenters. The smallest absolute Gasteiger partial charge is 0.179 e. The lowest BCUT2D eigenvalue weighted by Crippen LogP contribution is -2.25. The molecule has 2 aromatic rings. The van der Waals surface area contributed by atoms with Crippen LogP contribution in [0.1, 0.15) is 13.3 Å².